The van der Waals surface area contributed by atoms with Gasteiger partial charge >= 0.3 is 5.97 Å². The van der Waals surface area contributed by atoms with Crippen molar-refractivity contribution in [2.24, 2.45) is 5.92 Å². The van der Waals surface area contributed by atoms with Crippen LogP contribution in [0.3, 0.4) is 0 Å². The maximum Gasteiger partial charge on any atom is 0.327 e. The molecule has 1 saturated carbocycles. The highest BCUT2D eigenvalue weighted by atomic mass is 32.2. The third-order valence-corrected chi connectivity index (χ3v) is 7.22. The standard InChI is InChI=1S/C13H19NO3S2/c1-13(5-2-6-19-13)12(17)14-9(11(15)16)7-18-10(14)8-3-4-8/h8-10H,2-7H2,1H3,(H,15,16). The molecule has 0 spiro atoms. The molecule has 0 radical (unpaired) electrons. The van der Waals surface area contributed by atoms with Crippen LogP contribution in [0.2, 0.25) is 0 Å². The van der Waals surface area contributed by atoms with Gasteiger partial charge < -0.3 is 10.0 Å². The van der Waals surface area contributed by atoms with Crippen molar-refractivity contribution in [3.8, 4) is 0 Å². The number of amides is 1. The van der Waals surface area contributed by atoms with E-state index < -0.39 is 16.8 Å². The highest BCUT2D eigenvalue weighted by Crippen LogP contribution is 2.48. The first-order chi connectivity index (χ1) is 9.03. The molecular formula is C13H19NO3S2. The lowest BCUT2D eigenvalue weighted by molar-refractivity contribution is -0.150. The van der Waals surface area contributed by atoms with Crippen molar-refractivity contribution in [1.29, 1.82) is 0 Å². The van der Waals surface area contributed by atoms with E-state index in [0.29, 0.717) is 11.7 Å². The molecule has 3 unspecified atom stereocenters. The Hall–Kier alpha value is -0.360. The third kappa shape index (κ3) is 2.37. The number of carbonyl (C=O) groups excluding carboxylic acids is 1. The number of carbonyl (C=O) groups is 2. The van der Waals surface area contributed by atoms with Crippen LogP contribution in [0.4, 0.5) is 0 Å². The van der Waals surface area contributed by atoms with E-state index in [1.54, 1.807) is 28.4 Å². The van der Waals surface area contributed by atoms with Crippen molar-refractivity contribution >= 4 is 35.4 Å². The van der Waals surface area contributed by atoms with Crippen LogP contribution in [0.25, 0.3) is 0 Å². The Morgan fingerprint density at radius 3 is 2.63 bits per heavy atom. The fraction of sp³-hybridized carbons (Fsp3) is 0.846. The van der Waals surface area contributed by atoms with Gasteiger partial charge in [0.05, 0.1) is 10.1 Å². The second-order valence-electron chi connectivity index (χ2n) is 5.81. The summed E-state index contributed by atoms with van der Waals surface area (Å²) < 4.78 is -0.397. The molecule has 4 nitrogen and oxygen atoms in total. The highest BCUT2D eigenvalue weighted by Gasteiger charge is 2.52. The Labute approximate surface area is 121 Å². The van der Waals surface area contributed by atoms with E-state index in [9.17, 15) is 14.7 Å². The topological polar surface area (TPSA) is 57.6 Å². The summed E-state index contributed by atoms with van der Waals surface area (Å²) in [5.41, 5.74) is 0. The van der Waals surface area contributed by atoms with Crippen LogP contribution in [-0.4, -0.2) is 49.6 Å². The van der Waals surface area contributed by atoms with Crippen molar-refractivity contribution in [1.82, 2.24) is 4.90 Å². The largest absolute Gasteiger partial charge is 0.480 e. The van der Waals surface area contributed by atoms with Crippen LogP contribution in [-0.2, 0) is 9.59 Å². The van der Waals surface area contributed by atoms with Crippen molar-refractivity contribution in [2.75, 3.05) is 11.5 Å². The molecule has 2 heterocycles. The van der Waals surface area contributed by atoms with Crippen LogP contribution >= 0.6 is 23.5 Å². The smallest absolute Gasteiger partial charge is 0.327 e. The molecule has 3 atom stereocenters. The van der Waals surface area contributed by atoms with E-state index >= 15 is 0 Å². The van der Waals surface area contributed by atoms with E-state index in [1.165, 1.54) is 0 Å². The number of thioether (sulfide) groups is 2. The van der Waals surface area contributed by atoms with Crippen LogP contribution in [0.15, 0.2) is 0 Å². The van der Waals surface area contributed by atoms with Crippen LogP contribution in [0.1, 0.15) is 32.6 Å². The van der Waals surface area contributed by atoms with Gasteiger partial charge in [0.15, 0.2) is 0 Å². The predicted octanol–water partition coefficient (Wildman–Crippen LogP) is 2.04. The summed E-state index contributed by atoms with van der Waals surface area (Å²) in [6.45, 7) is 1.98. The molecule has 1 amide bonds. The molecule has 106 valence electrons. The second kappa shape index (κ2) is 4.88. The van der Waals surface area contributed by atoms with Gasteiger partial charge in [0, 0.05) is 5.75 Å². The molecule has 0 aromatic rings. The number of carboxylic acid groups (broad SMARTS) is 1. The maximum absolute atomic E-state index is 12.9. The number of hydrogen-bond acceptors (Lipinski definition) is 4. The lowest BCUT2D eigenvalue weighted by atomic mass is 10.0. The summed E-state index contributed by atoms with van der Waals surface area (Å²) in [7, 11) is 0. The monoisotopic (exact) mass is 301 g/mol. The summed E-state index contributed by atoms with van der Waals surface area (Å²) >= 11 is 3.35. The summed E-state index contributed by atoms with van der Waals surface area (Å²) in [5, 5.41) is 9.47. The summed E-state index contributed by atoms with van der Waals surface area (Å²) in [4.78, 5) is 26.0. The molecular weight excluding hydrogens is 282 g/mol. The average molecular weight is 301 g/mol. The second-order valence-corrected chi connectivity index (χ2v) is 8.56. The zero-order valence-electron chi connectivity index (χ0n) is 11.0. The summed E-state index contributed by atoms with van der Waals surface area (Å²) in [6, 6.07) is -0.624. The Morgan fingerprint density at radius 1 is 1.37 bits per heavy atom. The molecule has 0 bridgehead atoms. The molecule has 1 N–H and O–H groups in total. The van der Waals surface area contributed by atoms with E-state index in [1.807, 2.05) is 6.92 Å². The fourth-order valence-corrected chi connectivity index (χ4v) is 5.83. The number of aliphatic carboxylic acids is 1. The molecule has 19 heavy (non-hydrogen) atoms. The maximum atomic E-state index is 12.9. The number of rotatable bonds is 3. The molecule has 0 aromatic carbocycles. The first kappa shape index (κ1) is 13.6. The number of nitrogens with zero attached hydrogens (tertiary/aromatic N) is 1. The Balaban J connectivity index is 1.84. The van der Waals surface area contributed by atoms with E-state index in [0.717, 1.165) is 31.4 Å². The van der Waals surface area contributed by atoms with Gasteiger partial charge in [-0.2, -0.15) is 0 Å². The third-order valence-electron chi connectivity index (χ3n) is 4.25. The van der Waals surface area contributed by atoms with Gasteiger partial charge in [-0.1, -0.05) is 0 Å². The minimum atomic E-state index is -0.851. The van der Waals surface area contributed by atoms with Crippen molar-refractivity contribution in [2.45, 2.75) is 48.8 Å². The van der Waals surface area contributed by atoms with Gasteiger partial charge in [-0.3, -0.25) is 4.79 Å². The minimum Gasteiger partial charge on any atom is -0.480 e. The highest BCUT2D eigenvalue weighted by molar-refractivity contribution is 8.01. The zero-order chi connectivity index (χ0) is 13.6. The number of carboxylic acids is 1. The summed E-state index contributed by atoms with van der Waals surface area (Å²) in [6.07, 6.45) is 4.20. The first-order valence-corrected chi connectivity index (χ1v) is 8.87. The lowest BCUT2D eigenvalue weighted by Crippen LogP contribution is -2.52. The molecule has 0 aromatic heterocycles. The van der Waals surface area contributed by atoms with E-state index in [2.05, 4.69) is 0 Å². The number of hydrogen-bond donors (Lipinski definition) is 1. The van der Waals surface area contributed by atoms with Gasteiger partial charge in [-0.15, -0.1) is 23.5 Å². The van der Waals surface area contributed by atoms with Gasteiger partial charge in [0.1, 0.15) is 6.04 Å². The molecule has 2 aliphatic heterocycles. The average Bonchev–Trinajstić information content (AvgIpc) is 2.96. The molecule has 3 aliphatic rings. The first-order valence-electron chi connectivity index (χ1n) is 6.84. The SMILES string of the molecule is CC1(C(=O)N2C(C(=O)O)CSC2C2CC2)CCCS1. The normalized spacial score (nSPS) is 38.7. The van der Waals surface area contributed by atoms with E-state index in [4.69, 9.17) is 0 Å². The summed E-state index contributed by atoms with van der Waals surface area (Å²) in [5.74, 6) is 1.28. The Bertz CT molecular complexity index is 405. The van der Waals surface area contributed by atoms with Crippen molar-refractivity contribution < 1.29 is 14.7 Å². The van der Waals surface area contributed by atoms with E-state index in [-0.39, 0.29) is 11.3 Å². The molecule has 3 rings (SSSR count). The molecule has 3 fully saturated rings. The minimum absolute atomic E-state index is 0.0595. The van der Waals surface area contributed by atoms with Crippen LogP contribution < -0.4 is 0 Å². The zero-order valence-corrected chi connectivity index (χ0v) is 12.6. The molecule has 6 heteroatoms. The van der Waals surface area contributed by atoms with Crippen molar-refractivity contribution in [3.63, 3.8) is 0 Å². The van der Waals surface area contributed by atoms with Gasteiger partial charge in [-0.25, -0.2) is 4.79 Å². The lowest BCUT2D eigenvalue weighted by Gasteiger charge is -2.34. The van der Waals surface area contributed by atoms with Gasteiger partial charge in [0.2, 0.25) is 5.91 Å². The quantitative estimate of drug-likeness (QED) is 0.864. The van der Waals surface area contributed by atoms with Gasteiger partial charge in [0.25, 0.3) is 0 Å². The van der Waals surface area contributed by atoms with Gasteiger partial charge in [-0.05, 0) is 44.3 Å². The molecule has 2 saturated heterocycles. The molecule has 1 aliphatic carbocycles. The Morgan fingerprint density at radius 2 is 2.11 bits per heavy atom. The fourth-order valence-electron chi connectivity index (χ4n) is 2.94. The van der Waals surface area contributed by atoms with Crippen LogP contribution in [0, 0.1) is 5.92 Å². The predicted molar refractivity (Wildman–Crippen MR) is 77.3 cm³/mol. The Kier molecular flexibility index (Phi) is 3.50. The van der Waals surface area contributed by atoms with Crippen molar-refractivity contribution in [3.05, 3.63) is 0 Å². The van der Waals surface area contributed by atoms with Crippen LogP contribution in [0.5, 0.6) is 0 Å².